The van der Waals surface area contributed by atoms with E-state index in [-0.39, 0.29) is 0 Å². The predicted octanol–water partition coefficient (Wildman–Crippen LogP) is 3.21. The summed E-state index contributed by atoms with van der Waals surface area (Å²) in [4.78, 5) is 2.64. The maximum atomic E-state index is 6.26. The Balaban J connectivity index is 2.88. The fourth-order valence-electron chi connectivity index (χ4n) is 3.68. The highest BCUT2D eigenvalue weighted by molar-refractivity contribution is 7.80. The van der Waals surface area contributed by atoms with E-state index in [1.54, 1.807) is 0 Å². The van der Waals surface area contributed by atoms with Crippen LogP contribution in [0.3, 0.4) is 0 Å². The molecule has 1 rings (SSSR count). The van der Waals surface area contributed by atoms with Crippen molar-refractivity contribution in [2.75, 3.05) is 32.8 Å². The summed E-state index contributed by atoms with van der Waals surface area (Å²) in [5, 5.41) is 3.99. The van der Waals surface area contributed by atoms with Crippen molar-refractivity contribution in [3.63, 3.8) is 0 Å². The molecule has 0 aromatic heterocycles. The minimum absolute atomic E-state index is 0.408. The molecule has 1 aliphatic heterocycles. The summed E-state index contributed by atoms with van der Waals surface area (Å²) in [7, 11) is -2.23. The molecule has 138 valence electrons. The van der Waals surface area contributed by atoms with Crippen LogP contribution < -0.4 is 5.32 Å². The highest BCUT2D eigenvalue weighted by atomic mass is 32.1. The van der Waals surface area contributed by atoms with Gasteiger partial charge in [0.05, 0.1) is 5.67 Å². The third-order valence-electron chi connectivity index (χ3n) is 4.82. The summed E-state index contributed by atoms with van der Waals surface area (Å²) in [5.74, 6) is 0. The first-order valence-corrected chi connectivity index (χ1v) is 12.3. The largest absolute Gasteiger partial charge is 0.394 e. The summed E-state index contributed by atoms with van der Waals surface area (Å²) < 4.78 is 12.5. The Bertz CT molecular complexity index is 317. The van der Waals surface area contributed by atoms with Gasteiger partial charge in [0, 0.05) is 44.1 Å². The lowest BCUT2D eigenvalue weighted by atomic mass is 10.1. The molecular weight excluding hydrogens is 324 g/mol. The van der Waals surface area contributed by atoms with E-state index in [9.17, 15) is 0 Å². The van der Waals surface area contributed by atoms with Crippen molar-refractivity contribution >= 4 is 21.2 Å². The highest BCUT2D eigenvalue weighted by Crippen LogP contribution is 2.27. The van der Waals surface area contributed by atoms with Gasteiger partial charge in [-0.05, 0) is 46.6 Å². The van der Waals surface area contributed by atoms with E-state index in [0.29, 0.717) is 17.0 Å². The van der Waals surface area contributed by atoms with Gasteiger partial charge in [-0.15, -0.1) is 0 Å². The Morgan fingerprint density at radius 2 is 1.83 bits per heavy atom. The van der Waals surface area contributed by atoms with Crippen LogP contribution >= 0.6 is 12.6 Å². The Morgan fingerprint density at radius 1 is 1.17 bits per heavy atom. The second-order valence-electron chi connectivity index (χ2n) is 6.71. The number of rotatable bonds is 11. The van der Waals surface area contributed by atoms with Crippen LogP contribution in [0.25, 0.3) is 0 Å². The molecule has 1 fully saturated rings. The van der Waals surface area contributed by atoms with Crippen LogP contribution in [0.4, 0.5) is 0 Å². The van der Waals surface area contributed by atoms with Crippen molar-refractivity contribution in [1.29, 1.82) is 0 Å². The Morgan fingerprint density at radius 3 is 2.35 bits per heavy atom. The SMILES string of the molecule is CCCC(S)CCC(N1CCNCC1C)[Si](C)(OCC)OCC. The molecule has 0 spiro atoms. The van der Waals surface area contributed by atoms with Gasteiger partial charge in [-0.2, -0.15) is 12.6 Å². The average molecular weight is 363 g/mol. The van der Waals surface area contributed by atoms with Crippen LogP contribution in [0, 0.1) is 0 Å². The van der Waals surface area contributed by atoms with Gasteiger partial charge in [0.15, 0.2) is 0 Å². The molecule has 0 aromatic carbocycles. The summed E-state index contributed by atoms with van der Waals surface area (Å²) >= 11 is 4.77. The van der Waals surface area contributed by atoms with Crippen LogP contribution in [0.2, 0.25) is 6.55 Å². The molecule has 3 unspecified atom stereocenters. The lowest BCUT2D eigenvalue weighted by molar-refractivity contribution is 0.0897. The van der Waals surface area contributed by atoms with E-state index in [2.05, 4.69) is 44.5 Å². The predicted molar refractivity (Wildman–Crippen MR) is 105 cm³/mol. The van der Waals surface area contributed by atoms with Gasteiger partial charge in [-0.3, -0.25) is 4.90 Å². The van der Waals surface area contributed by atoms with Crippen LogP contribution in [-0.2, 0) is 8.85 Å². The fraction of sp³-hybridized carbons (Fsp3) is 1.00. The molecule has 0 bridgehead atoms. The van der Waals surface area contributed by atoms with E-state index in [4.69, 9.17) is 21.5 Å². The monoisotopic (exact) mass is 362 g/mol. The van der Waals surface area contributed by atoms with E-state index in [1.807, 2.05) is 0 Å². The van der Waals surface area contributed by atoms with Crippen molar-refractivity contribution in [2.24, 2.45) is 0 Å². The first-order valence-electron chi connectivity index (χ1n) is 9.40. The maximum absolute atomic E-state index is 6.26. The van der Waals surface area contributed by atoms with Crippen LogP contribution in [0.15, 0.2) is 0 Å². The standard InChI is InChI=1S/C17H38N2O2SSi/c1-6-9-16(22)10-11-17(19-13-12-18-14-15(19)4)23(5,20-7-2)21-8-3/h15-18,22H,6-14H2,1-5H3. The van der Waals surface area contributed by atoms with Crippen molar-refractivity contribution < 1.29 is 8.85 Å². The van der Waals surface area contributed by atoms with Crippen LogP contribution in [0.5, 0.6) is 0 Å². The summed E-state index contributed by atoms with van der Waals surface area (Å²) in [5.41, 5.74) is 0.408. The van der Waals surface area contributed by atoms with Gasteiger partial charge in [-0.1, -0.05) is 13.3 Å². The molecule has 1 N–H and O–H groups in total. The topological polar surface area (TPSA) is 33.7 Å². The molecule has 0 aliphatic carbocycles. The second kappa shape index (κ2) is 11.1. The molecule has 0 amide bonds. The molecule has 1 heterocycles. The number of nitrogens with one attached hydrogen (secondary N) is 1. The molecular formula is C17H38N2O2SSi. The van der Waals surface area contributed by atoms with Gasteiger partial charge in [0.25, 0.3) is 0 Å². The molecule has 3 atom stereocenters. The Labute approximate surface area is 150 Å². The van der Waals surface area contributed by atoms with E-state index in [1.165, 1.54) is 12.8 Å². The number of hydrogen-bond acceptors (Lipinski definition) is 5. The number of nitrogens with zero attached hydrogens (tertiary/aromatic N) is 1. The molecule has 6 heteroatoms. The maximum Gasteiger partial charge on any atom is 0.352 e. The fourth-order valence-corrected chi connectivity index (χ4v) is 7.38. The zero-order chi connectivity index (χ0) is 17.3. The molecule has 4 nitrogen and oxygen atoms in total. The van der Waals surface area contributed by atoms with Gasteiger partial charge in [-0.25, -0.2) is 0 Å². The molecule has 23 heavy (non-hydrogen) atoms. The van der Waals surface area contributed by atoms with Gasteiger partial charge in [0.2, 0.25) is 0 Å². The third kappa shape index (κ3) is 6.67. The number of thiol groups is 1. The van der Waals surface area contributed by atoms with Crippen molar-refractivity contribution in [1.82, 2.24) is 10.2 Å². The number of piperazine rings is 1. The molecule has 0 radical (unpaired) electrons. The van der Waals surface area contributed by atoms with Gasteiger partial charge < -0.3 is 14.2 Å². The minimum atomic E-state index is -2.23. The summed E-state index contributed by atoms with van der Waals surface area (Å²) in [6.45, 7) is 15.6. The third-order valence-corrected chi connectivity index (χ3v) is 8.89. The van der Waals surface area contributed by atoms with Crippen molar-refractivity contribution in [2.45, 2.75) is 76.9 Å². The first-order chi connectivity index (χ1) is 11.0. The average Bonchev–Trinajstić information content (AvgIpc) is 2.50. The zero-order valence-corrected chi connectivity index (χ0v) is 17.7. The van der Waals surface area contributed by atoms with Crippen LogP contribution in [-0.4, -0.2) is 63.3 Å². The van der Waals surface area contributed by atoms with Gasteiger partial charge in [0.1, 0.15) is 0 Å². The van der Waals surface area contributed by atoms with Crippen LogP contribution in [0.1, 0.15) is 53.4 Å². The molecule has 1 aliphatic rings. The summed E-state index contributed by atoms with van der Waals surface area (Å²) in [6.07, 6.45) is 4.66. The highest BCUT2D eigenvalue weighted by Gasteiger charge is 2.45. The zero-order valence-electron chi connectivity index (χ0n) is 15.8. The Hall–Kier alpha value is 0.407. The van der Waals surface area contributed by atoms with E-state index >= 15 is 0 Å². The Kier molecular flexibility index (Phi) is 10.4. The lowest BCUT2D eigenvalue weighted by Gasteiger charge is -2.46. The van der Waals surface area contributed by atoms with E-state index in [0.717, 1.165) is 45.7 Å². The number of hydrogen-bond donors (Lipinski definition) is 2. The first kappa shape index (κ1) is 21.4. The van der Waals surface area contributed by atoms with E-state index < -0.39 is 8.56 Å². The lowest BCUT2D eigenvalue weighted by Crippen LogP contribution is -2.64. The quantitative estimate of drug-likeness (QED) is 0.437. The van der Waals surface area contributed by atoms with Crippen molar-refractivity contribution in [3.8, 4) is 0 Å². The molecule has 0 aromatic rings. The normalized spacial score (nSPS) is 23.0. The van der Waals surface area contributed by atoms with Gasteiger partial charge >= 0.3 is 8.56 Å². The smallest absolute Gasteiger partial charge is 0.352 e. The van der Waals surface area contributed by atoms with Crippen molar-refractivity contribution in [3.05, 3.63) is 0 Å². The minimum Gasteiger partial charge on any atom is -0.394 e. The molecule has 1 saturated heterocycles. The second-order valence-corrected chi connectivity index (χ2v) is 10.7. The summed E-state index contributed by atoms with van der Waals surface area (Å²) in [6, 6.07) is 0.533. The molecule has 0 saturated carbocycles.